The topological polar surface area (TPSA) is 81.1 Å². The Morgan fingerprint density at radius 1 is 1.35 bits per heavy atom. The van der Waals surface area contributed by atoms with E-state index in [2.05, 4.69) is 28.7 Å². The molecule has 0 radical (unpaired) electrons. The number of anilines is 1. The lowest BCUT2D eigenvalue weighted by Crippen LogP contribution is -2.42. The van der Waals surface area contributed by atoms with E-state index < -0.39 is 0 Å². The van der Waals surface area contributed by atoms with Crippen molar-refractivity contribution >= 4 is 27.4 Å². The molecule has 3 rings (SSSR count). The molecule has 0 unspecified atom stereocenters. The van der Waals surface area contributed by atoms with Crippen LogP contribution in [0.25, 0.3) is 10.2 Å². The monoisotopic (exact) mass is 291 g/mol. The second-order valence-corrected chi connectivity index (χ2v) is 6.83. The fourth-order valence-corrected chi connectivity index (χ4v) is 3.89. The third kappa shape index (κ3) is 2.51. The minimum Gasteiger partial charge on any atom is -0.383 e. The van der Waals surface area contributed by atoms with Crippen molar-refractivity contribution in [2.75, 3.05) is 18.8 Å². The summed E-state index contributed by atoms with van der Waals surface area (Å²) in [7, 11) is 0. The third-order valence-electron chi connectivity index (χ3n) is 4.01. The van der Waals surface area contributed by atoms with Gasteiger partial charge in [0.1, 0.15) is 16.5 Å². The Labute approximate surface area is 123 Å². The van der Waals surface area contributed by atoms with Gasteiger partial charge in [-0.3, -0.25) is 4.90 Å². The first-order valence-corrected chi connectivity index (χ1v) is 7.86. The average Bonchev–Trinajstić information content (AvgIpc) is 2.65. The average molecular weight is 291 g/mol. The predicted molar refractivity (Wildman–Crippen MR) is 83.8 cm³/mol. The van der Waals surface area contributed by atoms with Gasteiger partial charge in [-0.05, 0) is 38.8 Å². The summed E-state index contributed by atoms with van der Waals surface area (Å²) < 4.78 is 0. The van der Waals surface area contributed by atoms with Crippen LogP contribution in [0, 0.1) is 13.8 Å². The van der Waals surface area contributed by atoms with Crippen LogP contribution in [-0.4, -0.2) is 34.0 Å². The van der Waals surface area contributed by atoms with Crippen LogP contribution in [-0.2, 0) is 6.54 Å². The standard InChI is InChI=1S/C14H21N5S/c1-8-9(2)20-14-12(8)13(16)17-11(18-14)7-19-5-3-4-10(15)6-19/h10H,3-7,15H2,1-2H3,(H2,16,17,18)/t10-/m1/s1. The summed E-state index contributed by atoms with van der Waals surface area (Å²) in [6.45, 7) is 6.91. The zero-order valence-electron chi connectivity index (χ0n) is 12.0. The summed E-state index contributed by atoms with van der Waals surface area (Å²) in [5, 5.41) is 1.02. The van der Waals surface area contributed by atoms with Crippen molar-refractivity contribution in [1.82, 2.24) is 14.9 Å². The molecule has 5 nitrogen and oxygen atoms in total. The number of rotatable bonds is 2. The van der Waals surface area contributed by atoms with E-state index in [0.29, 0.717) is 5.82 Å². The number of nitrogens with zero attached hydrogens (tertiary/aromatic N) is 3. The van der Waals surface area contributed by atoms with Gasteiger partial charge >= 0.3 is 0 Å². The van der Waals surface area contributed by atoms with Crippen LogP contribution >= 0.6 is 11.3 Å². The summed E-state index contributed by atoms with van der Waals surface area (Å²) in [6, 6.07) is 0.274. The highest BCUT2D eigenvalue weighted by molar-refractivity contribution is 7.18. The van der Waals surface area contributed by atoms with Gasteiger partial charge in [0.05, 0.1) is 11.9 Å². The maximum atomic E-state index is 6.12. The molecule has 0 bridgehead atoms. The number of thiophene rings is 1. The fraction of sp³-hybridized carbons (Fsp3) is 0.571. The zero-order chi connectivity index (χ0) is 14.3. The molecule has 20 heavy (non-hydrogen) atoms. The highest BCUT2D eigenvalue weighted by Gasteiger charge is 2.19. The summed E-state index contributed by atoms with van der Waals surface area (Å²) in [4.78, 5) is 13.8. The van der Waals surface area contributed by atoms with Gasteiger partial charge in [-0.1, -0.05) is 0 Å². The molecule has 1 saturated heterocycles. The maximum absolute atomic E-state index is 6.12. The van der Waals surface area contributed by atoms with E-state index in [9.17, 15) is 0 Å². The van der Waals surface area contributed by atoms with E-state index in [1.807, 2.05) is 0 Å². The van der Waals surface area contributed by atoms with Crippen LogP contribution < -0.4 is 11.5 Å². The van der Waals surface area contributed by atoms with Gasteiger partial charge in [0.2, 0.25) is 0 Å². The Morgan fingerprint density at radius 2 is 2.15 bits per heavy atom. The summed E-state index contributed by atoms with van der Waals surface area (Å²) in [5.74, 6) is 1.42. The van der Waals surface area contributed by atoms with Gasteiger partial charge in [-0.2, -0.15) is 0 Å². The van der Waals surface area contributed by atoms with Crippen LogP contribution in [0.2, 0.25) is 0 Å². The first kappa shape index (κ1) is 13.7. The molecule has 2 aromatic heterocycles. The van der Waals surface area contributed by atoms with Crippen molar-refractivity contribution in [2.45, 2.75) is 39.3 Å². The molecule has 1 aliphatic heterocycles. The molecule has 1 atom stereocenters. The molecule has 0 spiro atoms. The van der Waals surface area contributed by atoms with E-state index in [-0.39, 0.29) is 6.04 Å². The van der Waals surface area contributed by atoms with Crippen molar-refractivity contribution in [3.05, 3.63) is 16.3 Å². The molecular formula is C14H21N5S. The Morgan fingerprint density at radius 3 is 2.90 bits per heavy atom. The predicted octanol–water partition coefficient (Wildman–Crippen LogP) is 1.81. The maximum Gasteiger partial charge on any atom is 0.146 e. The third-order valence-corrected chi connectivity index (χ3v) is 5.11. The van der Waals surface area contributed by atoms with Crippen molar-refractivity contribution in [3.63, 3.8) is 0 Å². The first-order chi connectivity index (χ1) is 9.54. The van der Waals surface area contributed by atoms with Gasteiger partial charge in [-0.15, -0.1) is 11.3 Å². The van der Waals surface area contributed by atoms with E-state index in [4.69, 9.17) is 11.5 Å². The highest BCUT2D eigenvalue weighted by atomic mass is 32.1. The van der Waals surface area contributed by atoms with Crippen LogP contribution in [0.1, 0.15) is 29.1 Å². The molecule has 0 aliphatic carbocycles. The molecule has 0 aromatic carbocycles. The molecule has 108 valence electrons. The largest absolute Gasteiger partial charge is 0.383 e. The van der Waals surface area contributed by atoms with E-state index in [0.717, 1.165) is 48.5 Å². The van der Waals surface area contributed by atoms with Crippen LogP contribution in [0.15, 0.2) is 0 Å². The Bertz CT molecular complexity index is 636. The molecule has 2 aromatic rings. The molecule has 1 aliphatic rings. The van der Waals surface area contributed by atoms with Crippen molar-refractivity contribution in [3.8, 4) is 0 Å². The normalized spacial score (nSPS) is 20.6. The molecule has 6 heteroatoms. The fourth-order valence-electron chi connectivity index (χ4n) is 2.83. The highest BCUT2D eigenvalue weighted by Crippen LogP contribution is 2.32. The minimum absolute atomic E-state index is 0.274. The Kier molecular flexibility index (Phi) is 3.62. The van der Waals surface area contributed by atoms with Gasteiger partial charge < -0.3 is 11.5 Å². The van der Waals surface area contributed by atoms with Crippen LogP contribution in [0.4, 0.5) is 5.82 Å². The zero-order valence-corrected chi connectivity index (χ0v) is 12.8. The quantitative estimate of drug-likeness (QED) is 0.882. The van der Waals surface area contributed by atoms with Gasteiger partial charge in [0.15, 0.2) is 0 Å². The van der Waals surface area contributed by atoms with Crippen molar-refractivity contribution in [1.29, 1.82) is 0 Å². The summed E-state index contributed by atoms with van der Waals surface area (Å²) in [6.07, 6.45) is 2.26. The second kappa shape index (κ2) is 5.27. The Hall–Kier alpha value is -1.24. The van der Waals surface area contributed by atoms with E-state index in [1.165, 1.54) is 10.4 Å². The van der Waals surface area contributed by atoms with Gasteiger partial charge in [-0.25, -0.2) is 9.97 Å². The second-order valence-electron chi connectivity index (χ2n) is 5.63. The van der Waals surface area contributed by atoms with Gasteiger partial charge in [0.25, 0.3) is 0 Å². The summed E-state index contributed by atoms with van der Waals surface area (Å²) >= 11 is 1.70. The molecule has 0 amide bonds. The van der Waals surface area contributed by atoms with Crippen LogP contribution in [0.5, 0.6) is 0 Å². The van der Waals surface area contributed by atoms with E-state index in [1.54, 1.807) is 11.3 Å². The molecule has 4 N–H and O–H groups in total. The van der Waals surface area contributed by atoms with Crippen LogP contribution in [0.3, 0.4) is 0 Å². The van der Waals surface area contributed by atoms with Crippen molar-refractivity contribution < 1.29 is 0 Å². The lowest BCUT2D eigenvalue weighted by molar-refractivity contribution is 0.197. The molecule has 1 fully saturated rings. The number of nitrogens with two attached hydrogens (primary N) is 2. The molecular weight excluding hydrogens is 270 g/mol. The lowest BCUT2D eigenvalue weighted by Gasteiger charge is -2.29. The van der Waals surface area contributed by atoms with Crippen molar-refractivity contribution in [2.24, 2.45) is 5.73 Å². The summed E-state index contributed by atoms with van der Waals surface area (Å²) in [5.41, 5.74) is 13.3. The molecule has 3 heterocycles. The van der Waals surface area contributed by atoms with Gasteiger partial charge in [0, 0.05) is 17.5 Å². The number of nitrogen functional groups attached to an aromatic ring is 1. The number of hydrogen-bond donors (Lipinski definition) is 2. The smallest absolute Gasteiger partial charge is 0.146 e. The number of likely N-dealkylation sites (tertiary alicyclic amines) is 1. The molecule has 0 saturated carbocycles. The van der Waals surface area contributed by atoms with E-state index >= 15 is 0 Å². The minimum atomic E-state index is 0.274. The number of aryl methyl sites for hydroxylation is 2. The first-order valence-electron chi connectivity index (χ1n) is 7.04. The Balaban J connectivity index is 1.89. The number of hydrogen-bond acceptors (Lipinski definition) is 6. The number of fused-ring (bicyclic) bond motifs is 1. The SMILES string of the molecule is Cc1sc2nc(CN3CCC[C@@H](N)C3)nc(N)c2c1C. The number of piperidine rings is 1. The lowest BCUT2D eigenvalue weighted by atomic mass is 10.1. The number of aromatic nitrogens is 2.